The van der Waals surface area contributed by atoms with E-state index < -0.39 is 0 Å². The van der Waals surface area contributed by atoms with Gasteiger partial charge in [0.1, 0.15) is 0 Å². The lowest BCUT2D eigenvalue weighted by atomic mass is 10.0. The maximum atomic E-state index is 10.3. The minimum Gasteiger partial charge on any atom is -0.265 e. The second kappa shape index (κ2) is 30.4. The van der Waals surface area contributed by atoms with E-state index in [2.05, 4.69) is 6.92 Å². The van der Waals surface area contributed by atoms with E-state index in [1.807, 2.05) is 0 Å². The van der Waals surface area contributed by atoms with Gasteiger partial charge in [-0.25, -0.2) is 0 Å². The summed E-state index contributed by atoms with van der Waals surface area (Å²) in [7, 11) is 0. The van der Waals surface area contributed by atoms with Gasteiger partial charge in [-0.1, -0.05) is 180 Å². The lowest BCUT2D eigenvalue weighted by molar-refractivity contribution is -0.480. The van der Waals surface area contributed by atoms with Crippen molar-refractivity contribution in [2.75, 3.05) is 6.54 Å². The largest absolute Gasteiger partial charge is 0.265 e. The smallest absolute Gasteiger partial charge is 0.203 e. The first-order chi connectivity index (χ1) is 16.8. The van der Waals surface area contributed by atoms with Crippen molar-refractivity contribution in [1.82, 2.24) is 0 Å². The summed E-state index contributed by atoms with van der Waals surface area (Å²) in [6, 6.07) is 0. The maximum Gasteiger partial charge on any atom is 0.203 e. The van der Waals surface area contributed by atoms with E-state index in [0.717, 1.165) is 12.8 Å². The van der Waals surface area contributed by atoms with Crippen LogP contribution in [0.2, 0.25) is 0 Å². The van der Waals surface area contributed by atoms with Crippen LogP contribution in [0.4, 0.5) is 0 Å². The highest BCUT2D eigenvalue weighted by molar-refractivity contribution is 4.52. The molecule has 0 aromatic carbocycles. The van der Waals surface area contributed by atoms with E-state index in [1.54, 1.807) is 0 Å². The molecule has 0 heterocycles. The van der Waals surface area contributed by atoms with Crippen LogP contribution in [0.3, 0.4) is 0 Å². The molecular weight excluding hydrogens is 418 g/mol. The minimum absolute atomic E-state index is 0.152. The van der Waals surface area contributed by atoms with Gasteiger partial charge >= 0.3 is 0 Å². The van der Waals surface area contributed by atoms with Gasteiger partial charge in [0.25, 0.3) is 0 Å². The van der Waals surface area contributed by atoms with Crippen LogP contribution in [0.15, 0.2) is 0 Å². The van der Waals surface area contributed by atoms with Gasteiger partial charge in [0.05, 0.1) is 0 Å². The summed E-state index contributed by atoms with van der Waals surface area (Å²) in [6.07, 6.45) is 40.2. The number of unbranched alkanes of at least 4 members (excludes halogenated alkanes) is 28. The van der Waals surface area contributed by atoms with Gasteiger partial charge in [0.15, 0.2) is 0 Å². The summed E-state index contributed by atoms with van der Waals surface area (Å²) in [4.78, 5) is 10.1. The average Bonchev–Trinajstić information content (AvgIpc) is 2.83. The number of rotatable bonds is 30. The van der Waals surface area contributed by atoms with E-state index in [1.165, 1.54) is 173 Å². The molecule has 0 fully saturated rings. The van der Waals surface area contributed by atoms with Gasteiger partial charge in [0.2, 0.25) is 6.54 Å². The van der Waals surface area contributed by atoms with Gasteiger partial charge in [-0.15, -0.1) is 0 Å². The van der Waals surface area contributed by atoms with Crippen molar-refractivity contribution < 1.29 is 4.92 Å². The molecule has 204 valence electrons. The number of nitro groups is 1. The van der Waals surface area contributed by atoms with Crippen molar-refractivity contribution >= 4 is 0 Å². The predicted octanol–water partition coefficient (Wildman–Crippen LogP) is 11.6. The van der Waals surface area contributed by atoms with Crippen LogP contribution in [0.1, 0.15) is 193 Å². The van der Waals surface area contributed by atoms with E-state index >= 15 is 0 Å². The van der Waals surface area contributed by atoms with Gasteiger partial charge in [0, 0.05) is 11.3 Å². The Balaban J connectivity index is 3.01. The Morgan fingerprint density at radius 3 is 0.706 bits per heavy atom. The summed E-state index contributed by atoms with van der Waals surface area (Å²) in [5.74, 6) is 0. The van der Waals surface area contributed by atoms with Crippen molar-refractivity contribution in [3.8, 4) is 0 Å². The fourth-order valence-electron chi connectivity index (χ4n) is 5.09. The molecule has 0 aliphatic carbocycles. The van der Waals surface area contributed by atoms with Crippen LogP contribution >= 0.6 is 0 Å². The van der Waals surface area contributed by atoms with Crippen LogP contribution in [-0.4, -0.2) is 11.5 Å². The number of hydrogen-bond donors (Lipinski definition) is 0. The SMILES string of the molecule is CCCCCCCCCCCCCCCCCCCCCCCCCCCCCCC[N+](=O)[O-]. The van der Waals surface area contributed by atoms with Gasteiger partial charge in [-0.3, -0.25) is 10.1 Å². The first-order valence-electron chi connectivity index (χ1n) is 15.9. The van der Waals surface area contributed by atoms with Gasteiger partial charge in [-0.05, 0) is 6.42 Å². The third-order valence-electron chi connectivity index (χ3n) is 7.44. The van der Waals surface area contributed by atoms with Crippen LogP contribution in [-0.2, 0) is 0 Å². The second-order valence-electron chi connectivity index (χ2n) is 11.0. The highest BCUT2D eigenvalue weighted by Crippen LogP contribution is 2.16. The normalized spacial score (nSPS) is 11.3. The Hall–Kier alpha value is -0.600. The lowest BCUT2D eigenvalue weighted by Gasteiger charge is -2.04. The van der Waals surface area contributed by atoms with E-state index in [4.69, 9.17) is 0 Å². The van der Waals surface area contributed by atoms with Gasteiger partial charge in [-0.2, -0.15) is 0 Å². The maximum absolute atomic E-state index is 10.3. The Morgan fingerprint density at radius 1 is 0.353 bits per heavy atom. The Bertz CT molecular complexity index is 386. The Kier molecular flexibility index (Phi) is 29.9. The zero-order valence-corrected chi connectivity index (χ0v) is 23.5. The van der Waals surface area contributed by atoms with Crippen LogP contribution in [0.25, 0.3) is 0 Å². The van der Waals surface area contributed by atoms with E-state index in [-0.39, 0.29) is 11.5 Å². The topological polar surface area (TPSA) is 43.1 Å². The third-order valence-corrected chi connectivity index (χ3v) is 7.44. The standard InChI is InChI=1S/C31H63NO2/c1-2-3-4-5-6-7-8-9-10-11-12-13-14-15-16-17-18-19-20-21-22-23-24-25-26-27-28-29-30-31-32(33)34/h2-31H2,1H3. The first kappa shape index (κ1) is 33.4. The molecule has 0 aromatic rings. The number of hydrogen-bond acceptors (Lipinski definition) is 2. The zero-order valence-electron chi connectivity index (χ0n) is 23.5. The Labute approximate surface area is 214 Å². The number of nitrogens with zero attached hydrogens (tertiary/aromatic N) is 1. The van der Waals surface area contributed by atoms with Crippen molar-refractivity contribution in [2.24, 2.45) is 0 Å². The van der Waals surface area contributed by atoms with Gasteiger partial charge < -0.3 is 0 Å². The molecule has 0 saturated carbocycles. The quantitative estimate of drug-likeness (QED) is 0.0581. The highest BCUT2D eigenvalue weighted by Gasteiger charge is 1.98. The monoisotopic (exact) mass is 481 g/mol. The molecule has 0 aliphatic heterocycles. The molecule has 0 atom stereocenters. The van der Waals surface area contributed by atoms with Crippen LogP contribution in [0.5, 0.6) is 0 Å². The molecule has 0 aromatic heterocycles. The second-order valence-corrected chi connectivity index (χ2v) is 11.0. The first-order valence-corrected chi connectivity index (χ1v) is 15.9. The minimum atomic E-state index is -0.193. The molecule has 3 nitrogen and oxygen atoms in total. The van der Waals surface area contributed by atoms with Crippen molar-refractivity contribution in [3.05, 3.63) is 10.1 Å². The van der Waals surface area contributed by atoms with E-state index in [0.29, 0.717) is 0 Å². The zero-order chi connectivity index (χ0) is 24.8. The molecule has 0 bridgehead atoms. The molecule has 0 radical (unpaired) electrons. The fraction of sp³-hybridized carbons (Fsp3) is 1.00. The van der Waals surface area contributed by atoms with Crippen molar-refractivity contribution in [1.29, 1.82) is 0 Å². The molecule has 0 rings (SSSR count). The summed E-state index contributed by atoms with van der Waals surface area (Å²) in [5.41, 5.74) is 0. The molecule has 0 spiro atoms. The summed E-state index contributed by atoms with van der Waals surface area (Å²) in [5, 5.41) is 10.3. The highest BCUT2D eigenvalue weighted by atomic mass is 16.6. The molecule has 0 unspecified atom stereocenters. The molecule has 0 saturated heterocycles. The Morgan fingerprint density at radius 2 is 0.529 bits per heavy atom. The van der Waals surface area contributed by atoms with Crippen molar-refractivity contribution in [2.45, 2.75) is 193 Å². The summed E-state index contributed by atoms with van der Waals surface area (Å²) < 4.78 is 0. The average molecular weight is 482 g/mol. The molecule has 3 heteroatoms. The molecule has 0 N–H and O–H groups in total. The van der Waals surface area contributed by atoms with E-state index in [9.17, 15) is 10.1 Å². The lowest BCUT2D eigenvalue weighted by Crippen LogP contribution is -1.99. The molecule has 34 heavy (non-hydrogen) atoms. The van der Waals surface area contributed by atoms with Crippen molar-refractivity contribution in [3.63, 3.8) is 0 Å². The molecular formula is C31H63NO2. The predicted molar refractivity (Wildman–Crippen MR) is 151 cm³/mol. The summed E-state index contributed by atoms with van der Waals surface area (Å²) in [6.45, 7) is 2.45. The molecule has 0 aliphatic rings. The molecule has 0 amide bonds. The third kappa shape index (κ3) is 31.4. The summed E-state index contributed by atoms with van der Waals surface area (Å²) >= 11 is 0. The van der Waals surface area contributed by atoms with Crippen LogP contribution < -0.4 is 0 Å². The fourth-order valence-corrected chi connectivity index (χ4v) is 5.09. The van der Waals surface area contributed by atoms with Crippen LogP contribution in [0, 0.1) is 10.1 Å².